The molecule has 0 aromatic heterocycles. The molecule has 0 aliphatic heterocycles. The first-order chi connectivity index (χ1) is 7.41. The van der Waals surface area contributed by atoms with E-state index in [4.69, 9.17) is 4.84 Å². The van der Waals surface area contributed by atoms with Crippen LogP contribution in [0.5, 0.6) is 0 Å². The van der Waals surface area contributed by atoms with E-state index >= 15 is 0 Å². The van der Waals surface area contributed by atoms with Crippen molar-refractivity contribution in [1.29, 1.82) is 0 Å². The number of carbonyl (C=O) groups is 1. The molecule has 0 bridgehead atoms. The summed E-state index contributed by atoms with van der Waals surface area (Å²) in [4.78, 5) is 16.5. The zero-order chi connectivity index (χ0) is 12.2. The predicted octanol–water partition coefficient (Wildman–Crippen LogP) is 2.52. The number of rotatable bonds is 4. The summed E-state index contributed by atoms with van der Waals surface area (Å²) in [7, 11) is 0. The highest BCUT2D eigenvalue weighted by Crippen LogP contribution is 2.36. The molecule has 1 aliphatic carbocycles. The highest BCUT2D eigenvalue weighted by Gasteiger charge is 2.37. The number of carbonyl (C=O) groups excluding carboxylic acids is 1. The van der Waals surface area contributed by atoms with E-state index in [-0.39, 0.29) is 37.5 Å². The quantitative estimate of drug-likeness (QED) is 0.760. The molecular formula is C11H19F2NO2. The molecule has 3 nitrogen and oxygen atoms in total. The van der Waals surface area contributed by atoms with E-state index in [1.807, 2.05) is 13.8 Å². The number of nitrogens with one attached hydrogen (secondary N) is 1. The summed E-state index contributed by atoms with van der Waals surface area (Å²) in [6.45, 7) is 4.37. The van der Waals surface area contributed by atoms with Gasteiger partial charge in [0.2, 0.25) is 11.8 Å². The number of hydrogen-bond donors (Lipinski definition) is 1. The zero-order valence-electron chi connectivity index (χ0n) is 9.76. The lowest BCUT2D eigenvalue weighted by molar-refractivity contribution is -0.142. The van der Waals surface area contributed by atoms with Crippen molar-refractivity contribution < 1.29 is 18.4 Å². The Hall–Kier alpha value is -0.710. The fourth-order valence-corrected chi connectivity index (χ4v) is 1.67. The summed E-state index contributed by atoms with van der Waals surface area (Å²) < 4.78 is 25.7. The highest BCUT2D eigenvalue weighted by molar-refractivity contribution is 5.77. The monoisotopic (exact) mass is 235 g/mol. The molecule has 0 aromatic carbocycles. The molecule has 1 rings (SSSR count). The van der Waals surface area contributed by atoms with Gasteiger partial charge in [0, 0.05) is 18.8 Å². The molecule has 94 valence electrons. The van der Waals surface area contributed by atoms with Gasteiger partial charge in [-0.25, -0.2) is 14.3 Å². The van der Waals surface area contributed by atoms with Gasteiger partial charge in [0.25, 0.3) is 0 Å². The topological polar surface area (TPSA) is 38.3 Å². The van der Waals surface area contributed by atoms with Gasteiger partial charge in [-0.1, -0.05) is 13.8 Å². The van der Waals surface area contributed by atoms with Crippen LogP contribution in [0, 0.1) is 11.8 Å². The van der Waals surface area contributed by atoms with Gasteiger partial charge in [-0.15, -0.1) is 0 Å². The van der Waals surface area contributed by atoms with Crippen LogP contribution in [0.25, 0.3) is 0 Å². The van der Waals surface area contributed by atoms with Crippen LogP contribution in [0.2, 0.25) is 0 Å². The molecule has 0 radical (unpaired) electrons. The Balaban J connectivity index is 2.23. The van der Waals surface area contributed by atoms with Crippen LogP contribution in [0.4, 0.5) is 8.78 Å². The van der Waals surface area contributed by atoms with Gasteiger partial charge in [0.1, 0.15) is 0 Å². The molecule has 0 unspecified atom stereocenters. The Morgan fingerprint density at radius 2 is 2.00 bits per heavy atom. The third-order valence-corrected chi connectivity index (χ3v) is 2.68. The van der Waals surface area contributed by atoms with E-state index in [9.17, 15) is 13.6 Å². The normalized spacial score (nSPS) is 21.1. The molecule has 0 atom stereocenters. The maximum Gasteiger partial charge on any atom is 0.248 e. The lowest BCUT2D eigenvalue weighted by Crippen LogP contribution is -2.36. The molecule has 16 heavy (non-hydrogen) atoms. The summed E-state index contributed by atoms with van der Waals surface area (Å²) in [6, 6.07) is 0. The van der Waals surface area contributed by atoms with Crippen LogP contribution >= 0.6 is 0 Å². The molecule has 0 saturated heterocycles. The molecular weight excluding hydrogens is 216 g/mol. The Labute approximate surface area is 94.5 Å². The molecule has 0 heterocycles. The van der Waals surface area contributed by atoms with E-state index in [0.717, 1.165) is 0 Å². The van der Waals surface area contributed by atoms with Crippen molar-refractivity contribution in [2.24, 2.45) is 11.8 Å². The van der Waals surface area contributed by atoms with Crippen molar-refractivity contribution >= 4 is 5.91 Å². The molecule has 1 aliphatic rings. The minimum absolute atomic E-state index is 0.199. The fraction of sp³-hybridized carbons (Fsp3) is 0.909. The largest absolute Gasteiger partial charge is 0.273 e. The van der Waals surface area contributed by atoms with E-state index < -0.39 is 5.92 Å². The Morgan fingerprint density at radius 3 is 2.50 bits per heavy atom. The van der Waals surface area contributed by atoms with E-state index in [1.54, 1.807) is 0 Å². The van der Waals surface area contributed by atoms with Gasteiger partial charge in [0.05, 0.1) is 6.61 Å². The predicted molar refractivity (Wildman–Crippen MR) is 55.8 cm³/mol. The smallest absolute Gasteiger partial charge is 0.248 e. The van der Waals surface area contributed by atoms with E-state index in [2.05, 4.69) is 5.48 Å². The number of amides is 1. The Morgan fingerprint density at radius 1 is 1.44 bits per heavy atom. The number of hydroxylamine groups is 1. The molecule has 0 spiro atoms. The minimum atomic E-state index is -2.59. The third-order valence-electron chi connectivity index (χ3n) is 2.68. The number of halogens is 2. The molecule has 1 saturated carbocycles. The van der Waals surface area contributed by atoms with Crippen molar-refractivity contribution in [1.82, 2.24) is 5.48 Å². The molecule has 1 fully saturated rings. The standard InChI is InChI=1S/C11H19F2NO2/c1-8(2)7-16-14-10(15)9-3-5-11(12,13)6-4-9/h8-9H,3-7H2,1-2H3,(H,14,15). The summed E-state index contributed by atoms with van der Waals surface area (Å²) in [5.74, 6) is -2.85. The Kier molecular flexibility index (Phi) is 4.65. The van der Waals surface area contributed by atoms with Crippen molar-refractivity contribution in [3.63, 3.8) is 0 Å². The van der Waals surface area contributed by atoms with Crippen molar-refractivity contribution in [2.75, 3.05) is 6.61 Å². The second kappa shape index (κ2) is 5.57. The van der Waals surface area contributed by atoms with E-state index in [1.165, 1.54) is 0 Å². The average Bonchev–Trinajstić information content (AvgIpc) is 2.16. The van der Waals surface area contributed by atoms with Gasteiger partial charge in [-0.2, -0.15) is 0 Å². The lowest BCUT2D eigenvalue weighted by Gasteiger charge is -2.27. The number of hydrogen-bond acceptors (Lipinski definition) is 2. The SMILES string of the molecule is CC(C)CONC(=O)C1CCC(F)(F)CC1. The van der Waals surface area contributed by atoms with Crippen LogP contribution in [0.1, 0.15) is 39.5 Å². The van der Waals surface area contributed by atoms with Crippen molar-refractivity contribution in [2.45, 2.75) is 45.5 Å². The van der Waals surface area contributed by atoms with E-state index in [0.29, 0.717) is 12.5 Å². The molecule has 5 heteroatoms. The van der Waals surface area contributed by atoms with Crippen molar-refractivity contribution in [3.05, 3.63) is 0 Å². The lowest BCUT2D eigenvalue weighted by atomic mass is 9.86. The highest BCUT2D eigenvalue weighted by atomic mass is 19.3. The van der Waals surface area contributed by atoms with Gasteiger partial charge in [-0.3, -0.25) is 9.63 Å². The maximum absolute atomic E-state index is 12.8. The molecule has 0 aromatic rings. The van der Waals surface area contributed by atoms with Crippen LogP contribution in [-0.2, 0) is 9.63 Å². The third kappa shape index (κ3) is 4.43. The minimum Gasteiger partial charge on any atom is -0.273 e. The van der Waals surface area contributed by atoms with Crippen LogP contribution in [-0.4, -0.2) is 18.4 Å². The van der Waals surface area contributed by atoms with Crippen LogP contribution < -0.4 is 5.48 Å². The van der Waals surface area contributed by atoms with Crippen LogP contribution in [0.15, 0.2) is 0 Å². The average molecular weight is 235 g/mol. The fourth-order valence-electron chi connectivity index (χ4n) is 1.67. The van der Waals surface area contributed by atoms with Gasteiger partial charge in [-0.05, 0) is 18.8 Å². The zero-order valence-corrected chi connectivity index (χ0v) is 9.76. The summed E-state index contributed by atoms with van der Waals surface area (Å²) in [5, 5.41) is 0. The summed E-state index contributed by atoms with van der Waals surface area (Å²) in [6.07, 6.45) is 0.0816. The number of alkyl halides is 2. The molecule has 1 N–H and O–H groups in total. The first-order valence-electron chi connectivity index (χ1n) is 5.70. The van der Waals surface area contributed by atoms with Gasteiger partial charge >= 0.3 is 0 Å². The first kappa shape index (κ1) is 13.4. The second-order valence-corrected chi connectivity index (χ2v) is 4.80. The van der Waals surface area contributed by atoms with Gasteiger partial charge in [0.15, 0.2) is 0 Å². The molecule has 1 amide bonds. The van der Waals surface area contributed by atoms with Crippen LogP contribution in [0.3, 0.4) is 0 Å². The van der Waals surface area contributed by atoms with Gasteiger partial charge < -0.3 is 0 Å². The summed E-state index contributed by atoms with van der Waals surface area (Å²) in [5.41, 5.74) is 2.33. The summed E-state index contributed by atoms with van der Waals surface area (Å²) >= 11 is 0. The Bertz CT molecular complexity index is 234. The van der Waals surface area contributed by atoms with Crippen molar-refractivity contribution in [3.8, 4) is 0 Å². The second-order valence-electron chi connectivity index (χ2n) is 4.80. The maximum atomic E-state index is 12.8. The first-order valence-corrected chi connectivity index (χ1v) is 5.70.